The Labute approximate surface area is 129 Å². The van der Waals surface area contributed by atoms with Crippen molar-refractivity contribution >= 4 is 23.4 Å². The van der Waals surface area contributed by atoms with E-state index in [2.05, 4.69) is 28.9 Å². The molecule has 6 heteroatoms. The molecule has 1 aliphatic heterocycles. The zero-order valence-electron chi connectivity index (χ0n) is 12.3. The number of likely N-dealkylation sites (N-methyl/N-ethyl adjacent to an activating group) is 1. The van der Waals surface area contributed by atoms with Gasteiger partial charge in [0.15, 0.2) is 0 Å². The highest BCUT2D eigenvalue weighted by molar-refractivity contribution is 6.33. The third kappa shape index (κ3) is 2.85. The molecule has 114 valence electrons. The highest BCUT2D eigenvalue weighted by Gasteiger charge is 2.43. The summed E-state index contributed by atoms with van der Waals surface area (Å²) in [7, 11) is 4.23. The number of hydrogen-bond acceptors (Lipinski definition) is 4. The molecule has 2 fully saturated rings. The van der Waals surface area contributed by atoms with Gasteiger partial charge in [-0.3, -0.25) is 0 Å². The molecule has 0 radical (unpaired) electrons. The van der Waals surface area contributed by atoms with E-state index < -0.39 is 5.97 Å². The number of nitrogens with zero attached hydrogens (tertiary/aromatic N) is 3. The summed E-state index contributed by atoms with van der Waals surface area (Å²) >= 11 is 6.24. The Morgan fingerprint density at radius 1 is 1.43 bits per heavy atom. The van der Waals surface area contributed by atoms with Crippen LogP contribution in [0.15, 0.2) is 12.3 Å². The standard InChI is InChI=1S/C15H20ClN3O2/c1-18(2)13-8-19(7-11(13)9-3-4-9)14-12(16)5-10(6-17-14)15(20)21/h5-6,9,11,13H,3-4,7-8H2,1-2H3,(H,20,21)/t11-,13+/m1/s1. The van der Waals surface area contributed by atoms with Gasteiger partial charge in [-0.25, -0.2) is 9.78 Å². The number of aromatic nitrogens is 1. The molecule has 0 bridgehead atoms. The van der Waals surface area contributed by atoms with Crippen molar-refractivity contribution in [1.82, 2.24) is 9.88 Å². The van der Waals surface area contributed by atoms with Crippen LogP contribution in [0, 0.1) is 11.8 Å². The summed E-state index contributed by atoms with van der Waals surface area (Å²) in [5.41, 5.74) is 0.130. The average Bonchev–Trinajstić information content (AvgIpc) is 3.17. The molecule has 1 saturated heterocycles. The van der Waals surface area contributed by atoms with Crippen molar-refractivity contribution in [3.8, 4) is 0 Å². The van der Waals surface area contributed by atoms with Crippen LogP contribution in [0.1, 0.15) is 23.2 Å². The third-order valence-corrected chi connectivity index (χ3v) is 4.87. The van der Waals surface area contributed by atoms with Gasteiger partial charge in [-0.1, -0.05) is 11.6 Å². The predicted molar refractivity (Wildman–Crippen MR) is 82.1 cm³/mol. The smallest absolute Gasteiger partial charge is 0.337 e. The van der Waals surface area contributed by atoms with Gasteiger partial charge in [0.1, 0.15) is 5.82 Å². The first-order valence-electron chi connectivity index (χ1n) is 7.27. The van der Waals surface area contributed by atoms with E-state index in [0.717, 1.165) is 19.0 Å². The normalized spacial score (nSPS) is 25.6. The fourth-order valence-electron chi connectivity index (χ4n) is 3.30. The van der Waals surface area contributed by atoms with Crippen molar-refractivity contribution < 1.29 is 9.90 Å². The Hall–Kier alpha value is -1.33. The lowest BCUT2D eigenvalue weighted by atomic mass is 9.97. The first-order chi connectivity index (χ1) is 9.97. The number of carboxylic acid groups (broad SMARTS) is 1. The second kappa shape index (κ2) is 5.46. The van der Waals surface area contributed by atoms with Gasteiger partial charge in [0.05, 0.1) is 10.6 Å². The number of rotatable bonds is 4. The van der Waals surface area contributed by atoms with Gasteiger partial charge in [0, 0.05) is 25.3 Å². The molecule has 2 heterocycles. The molecule has 0 aromatic carbocycles. The van der Waals surface area contributed by atoms with Gasteiger partial charge in [0.25, 0.3) is 0 Å². The molecular formula is C15H20ClN3O2. The number of anilines is 1. The number of carboxylic acids is 1. The Bertz CT molecular complexity index is 550. The number of aromatic carboxylic acids is 1. The molecule has 2 aliphatic rings. The molecule has 1 aromatic heterocycles. The van der Waals surface area contributed by atoms with Gasteiger partial charge in [0.2, 0.25) is 0 Å². The largest absolute Gasteiger partial charge is 0.478 e. The van der Waals surface area contributed by atoms with Crippen LogP contribution in [-0.4, -0.2) is 54.2 Å². The van der Waals surface area contributed by atoms with Crippen LogP contribution in [0.4, 0.5) is 5.82 Å². The van der Waals surface area contributed by atoms with Crippen LogP contribution < -0.4 is 4.90 Å². The summed E-state index contributed by atoms with van der Waals surface area (Å²) in [4.78, 5) is 19.7. The van der Waals surface area contributed by atoms with E-state index in [0.29, 0.717) is 22.8 Å². The Morgan fingerprint density at radius 3 is 2.67 bits per heavy atom. The number of pyridine rings is 1. The van der Waals surface area contributed by atoms with Gasteiger partial charge >= 0.3 is 5.97 Å². The first-order valence-corrected chi connectivity index (χ1v) is 7.65. The molecule has 1 aliphatic carbocycles. The van der Waals surface area contributed by atoms with E-state index in [4.69, 9.17) is 16.7 Å². The monoisotopic (exact) mass is 309 g/mol. The van der Waals surface area contributed by atoms with Crippen molar-refractivity contribution in [2.24, 2.45) is 11.8 Å². The Balaban J connectivity index is 1.82. The third-order valence-electron chi connectivity index (χ3n) is 4.59. The van der Waals surface area contributed by atoms with E-state index >= 15 is 0 Å². The summed E-state index contributed by atoms with van der Waals surface area (Å²) < 4.78 is 0. The van der Waals surface area contributed by atoms with Crippen molar-refractivity contribution in [1.29, 1.82) is 0 Å². The van der Waals surface area contributed by atoms with Crippen LogP contribution in [0.5, 0.6) is 0 Å². The van der Waals surface area contributed by atoms with E-state index in [1.54, 1.807) is 0 Å². The molecule has 1 aromatic rings. The maximum absolute atomic E-state index is 11.0. The van der Waals surface area contributed by atoms with Crippen LogP contribution >= 0.6 is 11.6 Å². The molecule has 21 heavy (non-hydrogen) atoms. The lowest BCUT2D eigenvalue weighted by Gasteiger charge is -2.24. The van der Waals surface area contributed by atoms with Gasteiger partial charge in [-0.05, 0) is 44.8 Å². The average molecular weight is 310 g/mol. The molecule has 3 rings (SSSR count). The molecule has 2 atom stereocenters. The Morgan fingerprint density at radius 2 is 2.14 bits per heavy atom. The molecule has 0 spiro atoms. The molecular weight excluding hydrogens is 290 g/mol. The lowest BCUT2D eigenvalue weighted by Crippen LogP contribution is -2.36. The highest BCUT2D eigenvalue weighted by Crippen LogP contribution is 2.43. The van der Waals surface area contributed by atoms with Gasteiger partial charge in [-0.2, -0.15) is 0 Å². The summed E-state index contributed by atoms with van der Waals surface area (Å²) in [5, 5.41) is 9.40. The zero-order valence-corrected chi connectivity index (χ0v) is 13.0. The van der Waals surface area contributed by atoms with Gasteiger partial charge < -0.3 is 14.9 Å². The topological polar surface area (TPSA) is 56.7 Å². The molecule has 1 N–H and O–H groups in total. The fourth-order valence-corrected chi connectivity index (χ4v) is 3.58. The number of halogens is 1. The second-order valence-corrected chi connectivity index (χ2v) is 6.68. The quantitative estimate of drug-likeness (QED) is 0.924. The fraction of sp³-hybridized carbons (Fsp3) is 0.600. The minimum Gasteiger partial charge on any atom is -0.478 e. The summed E-state index contributed by atoms with van der Waals surface area (Å²) in [6.07, 6.45) is 4.03. The van der Waals surface area contributed by atoms with E-state index in [-0.39, 0.29) is 5.56 Å². The second-order valence-electron chi connectivity index (χ2n) is 6.27. The highest BCUT2D eigenvalue weighted by atomic mass is 35.5. The SMILES string of the molecule is CN(C)[C@H]1CN(c2ncc(C(=O)O)cc2Cl)C[C@@H]1C1CC1. The maximum Gasteiger partial charge on any atom is 0.337 e. The van der Waals surface area contributed by atoms with Crippen LogP contribution in [-0.2, 0) is 0 Å². The molecule has 0 unspecified atom stereocenters. The summed E-state index contributed by atoms with van der Waals surface area (Å²) in [5.74, 6) is 1.17. The van der Waals surface area contributed by atoms with E-state index in [1.165, 1.54) is 25.1 Å². The summed E-state index contributed by atoms with van der Waals surface area (Å²) in [6, 6.07) is 2.00. The van der Waals surface area contributed by atoms with E-state index in [1.807, 2.05) is 0 Å². The number of carbonyl (C=O) groups is 1. The van der Waals surface area contributed by atoms with Crippen LogP contribution in [0.25, 0.3) is 0 Å². The molecule has 0 amide bonds. The summed E-state index contributed by atoms with van der Waals surface area (Å²) in [6.45, 7) is 1.85. The predicted octanol–water partition coefficient (Wildman–Crippen LogP) is 2.21. The maximum atomic E-state index is 11.0. The lowest BCUT2D eigenvalue weighted by molar-refractivity contribution is 0.0696. The van der Waals surface area contributed by atoms with Crippen molar-refractivity contribution in [2.75, 3.05) is 32.1 Å². The number of hydrogen-bond donors (Lipinski definition) is 1. The van der Waals surface area contributed by atoms with Crippen molar-refractivity contribution in [3.63, 3.8) is 0 Å². The van der Waals surface area contributed by atoms with Gasteiger partial charge in [-0.15, -0.1) is 0 Å². The molecule has 1 saturated carbocycles. The van der Waals surface area contributed by atoms with E-state index in [9.17, 15) is 4.79 Å². The first kappa shape index (κ1) is 14.6. The zero-order chi connectivity index (χ0) is 15.1. The van der Waals surface area contributed by atoms with Crippen molar-refractivity contribution in [2.45, 2.75) is 18.9 Å². The minimum atomic E-state index is -1.00. The van der Waals surface area contributed by atoms with Crippen LogP contribution in [0.3, 0.4) is 0 Å². The van der Waals surface area contributed by atoms with Crippen molar-refractivity contribution in [3.05, 3.63) is 22.8 Å². The Kier molecular flexibility index (Phi) is 3.80. The van der Waals surface area contributed by atoms with Crippen LogP contribution in [0.2, 0.25) is 5.02 Å². The minimum absolute atomic E-state index is 0.130. The molecule has 5 nitrogen and oxygen atoms in total.